The van der Waals surface area contributed by atoms with Crippen LogP contribution in [0.15, 0.2) is 0 Å². The van der Waals surface area contributed by atoms with Gasteiger partial charge in [0.15, 0.2) is 0 Å². The molecule has 0 unspecified atom stereocenters. The summed E-state index contributed by atoms with van der Waals surface area (Å²) in [4.78, 5) is 11.4. The molecule has 6 nitrogen and oxygen atoms in total. The maximum atomic E-state index is 11.4. The van der Waals surface area contributed by atoms with Crippen molar-refractivity contribution < 1.29 is 28.5 Å². The van der Waals surface area contributed by atoms with E-state index in [0.29, 0.717) is 59.3 Å². The van der Waals surface area contributed by atoms with Gasteiger partial charge < -0.3 is 23.7 Å². The molecule has 0 saturated carbocycles. The molecule has 0 amide bonds. The Balaban J connectivity index is 3.18. The molecule has 6 heteroatoms. The van der Waals surface area contributed by atoms with Crippen molar-refractivity contribution in [1.82, 2.24) is 0 Å². The van der Waals surface area contributed by atoms with Gasteiger partial charge in [0.1, 0.15) is 6.61 Å². The minimum absolute atomic E-state index is 0.153. The Bertz CT molecular complexity index is 262. The van der Waals surface area contributed by atoms with Crippen molar-refractivity contribution in [3.05, 3.63) is 0 Å². The van der Waals surface area contributed by atoms with Gasteiger partial charge in [-0.25, -0.2) is 0 Å². The van der Waals surface area contributed by atoms with Crippen molar-refractivity contribution >= 4 is 5.97 Å². The molecule has 0 rings (SSSR count). The number of esters is 1. The molecule has 0 bridgehead atoms. The largest absolute Gasteiger partial charge is 0.463 e. The van der Waals surface area contributed by atoms with Crippen LogP contribution in [0.25, 0.3) is 0 Å². The molecule has 0 saturated heterocycles. The summed E-state index contributed by atoms with van der Waals surface area (Å²) in [6.45, 7) is 10.3. The molecule has 0 radical (unpaired) electrons. The van der Waals surface area contributed by atoms with Gasteiger partial charge in [-0.2, -0.15) is 0 Å². The van der Waals surface area contributed by atoms with Crippen LogP contribution in [0.5, 0.6) is 0 Å². The van der Waals surface area contributed by atoms with E-state index in [0.717, 1.165) is 6.42 Å². The van der Waals surface area contributed by atoms with Crippen LogP contribution < -0.4 is 0 Å². The van der Waals surface area contributed by atoms with E-state index in [4.69, 9.17) is 23.7 Å². The Morgan fingerprint density at radius 2 is 1.23 bits per heavy atom. The first-order chi connectivity index (χ1) is 10.5. The fourth-order valence-corrected chi connectivity index (χ4v) is 1.45. The maximum Gasteiger partial charge on any atom is 0.305 e. The summed E-state index contributed by atoms with van der Waals surface area (Å²) in [5, 5.41) is 0. The van der Waals surface area contributed by atoms with Crippen LogP contribution in [0.2, 0.25) is 0 Å². The highest BCUT2D eigenvalue weighted by atomic mass is 16.6. The Labute approximate surface area is 134 Å². The van der Waals surface area contributed by atoms with Gasteiger partial charge in [-0.15, -0.1) is 0 Å². The minimum atomic E-state index is -0.164. The summed E-state index contributed by atoms with van der Waals surface area (Å²) in [5.74, 6) is -0.164. The van der Waals surface area contributed by atoms with Crippen molar-refractivity contribution in [1.29, 1.82) is 0 Å². The Kier molecular flexibility index (Phi) is 13.5. The van der Waals surface area contributed by atoms with Crippen LogP contribution in [0, 0.1) is 5.41 Å². The van der Waals surface area contributed by atoms with E-state index in [1.54, 1.807) is 7.11 Å². The average Bonchev–Trinajstić information content (AvgIpc) is 2.45. The molecule has 0 heterocycles. The topological polar surface area (TPSA) is 63.2 Å². The minimum Gasteiger partial charge on any atom is -0.463 e. The highest BCUT2D eigenvalue weighted by Gasteiger charge is 2.13. The second-order valence-electron chi connectivity index (χ2n) is 6.11. The lowest BCUT2D eigenvalue weighted by Crippen LogP contribution is -2.15. The molecule has 0 aromatic heterocycles. The number of rotatable bonds is 14. The lowest BCUT2D eigenvalue weighted by Gasteiger charge is -2.16. The van der Waals surface area contributed by atoms with Gasteiger partial charge in [0, 0.05) is 13.5 Å². The molecule has 0 aliphatic rings. The first-order valence-electron chi connectivity index (χ1n) is 7.83. The van der Waals surface area contributed by atoms with Crippen molar-refractivity contribution in [2.24, 2.45) is 5.41 Å². The van der Waals surface area contributed by atoms with E-state index >= 15 is 0 Å². The first-order valence-corrected chi connectivity index (χ1v) is 7.83. The van der Waals surface area contributed by atoms with Crippen LogP contribution in [-0.4, -0.2) is 65.9 Å². The Morgan fingerprint density at radius 3 is 1.68 bits per heavy atom. The first kappa shape index (κ1) is 21.3. The molecule has 0 fully saturated rings. The maximum absolute atomic E-state index is 11.4. The van der Waals surface area contributed by atoms with Gasteiger partial charge in [0.25, 0.3) is 0 Å². The zero-order valence-corrected chi connectivity index (χ0v) is 14.5. The fraction of sp³-hybridized carbons (Fsp3) is 0.938. The number of hydrogen-bond donors (Lipinski definition) is 0. The van der Waals surface area contributed by atoms with Gasteiger partial charge >= 0.3 is 5.97 Å². The van der Waals surface area contributed by atoms with Crippen LogP contribution in [0.3, 0.4) is 0 Å². The van der Waals surface area contributed by atoms with Crippen LogP contribution in [0.4, 0.5) is 0 Å². The highest BCUT2D eigenvalue weighted by Crippen LogP contribution is 2.20. The van der Waals surface area contributed by atoms with E-state index < -0.39 is 0 Å². The lowest BCUT2D eigenvalue weighted by atomic mass is 9.91. The number of carbonyl (C=O) groups is 1. The van der Waals surface area contributed by atoms with Crippen molar-refractivity contribution in [2.75, 3.05) is 60.0 Å². The predicted octanol–water partition coefficient (Wildman–Crippen LogP) is 2.05. The SMILES string of the molecule is COCCOCCOCCOCCOC(=O)CCC(C)(C)C. The summed E-state index contributed by atoms with van der Waals surface area (Å²) in [5.41, 5.74) is 0.153. The van der Waals surface area contributed by atoms with Crippen molar-refractivity contribution in [3.8, 4) is 0 Å². The normalized spacial score (nSPS) is 11.6. The number of hydrogen-bond acceptors (Lipinski definition) is 6. The van der Waals surface area contributed by atoms with Gasteiger partial charge in [0.2, 0.25) is 0 Å². The molecular weight excluding hydrogens is 288 g/mol. The summed E-state index contributed by atoms with van der Waals surface area (Å²) in [6, 6.07) is 0. The molecule has 0 aromatic rings. The van der Waals surface area contributed by atoms with Gasteiger partial charge in [0.05, 0.1) is 46.2 Å². The van der Waals surface area contributed by atoms with Crippen LogP contribution in [0.1, 0.15) is 33.6 Å². The van der Waals surface area contributed by atoms with E-state index in [-0.39, 0.29) is 11.4 Å². The summed E-state index contributed by atoms with van der Waals surface area (Å²) >= 11 is 0. The summed E-state index contributed by atoms with van der Waals surface area (Å²) < 4.78 is 25.8. The van der Waals surface area contributed by atoms with Crippen molar-refractivity contribution in [2.45, 2.75) is 33.6 Å². The quantitative estimate of drug-likeness (QED) is 0.360. The average molecular weight is 320 g/mol. The molecule has 0 aliphatic carbocycles. The zero-order valence-electron chi connectivity index (χ0n) is 14.5. The standard InChI is InChI=1S/C16H32O6/c1-16(2,3)6-5-15(17)22-14-13-21-12-11-20-10-9-19-8-7-18-4/h5-14H2,1-4H3. The molecule has 0 atom stereocenters. The smallest absolute Gasteiger partial charge is 0.305 e. The van der Waals surface area contributed by atoms with Gasteiger partial charge in [-0.1, -0.05) is 20.8 Å². The third kappa shape index (κ3) is 17.4. The second kappa shape index (κ2) is 13.9. The third-order valence-electron chi connectivity index (χ3n) is 2.75. The third-order valence-corrected chi connectivity index (χ3v) is 2.75. The van der Waals surface area contributed by atoms with E-state index in [1.165, 1.54) is 0 Å². The zero-order chi connectivity index (χ0) is 16.7. The molecule has 132 valence electrons. The van der Waals surface area contributed by atoms with E-state index in [1.807, 2.05) is 0 Å². The summed E-state index contributed by atoms with van der Waals surface area (Å²) in [6.07, 6.45) is 1.28. The lowest BCUT2D eigenvalue weighted by molar-refractivity contribution is -0.146. The molecular formula is C16H32O6. The molecule has 0 spiro atoms. The molecule has 0 aromatic carbocycles. The monoisotopic (exact) mass is 320 g/mol. The molecule has 0 aliphatic heterocycles. The van der Waals surface area contributed by atoms with Gasteiger partial charge in [-0.3, -0.25) is 4.79 Å². The second-order valence-corrected chi connectivity index (χ2v) is 6.11. The number of carbonyl (C=O) groups excluding carboxylic acids is 1. The highest BCUT2D eigenvalue weighted by molar-refractivity contribution is 5.69. The number of ether oxygens (including phenoxy) is 5. The summed E-state index contributed by atoms with van der Waals surface area (Å²) in [7, 11) is 1.64. The van der Waals surface area contributed by atoms with Crippen LogP contribution >= 0.6 is 0 Å². The van der Waals surface area contributed by atoms with E-state index in [2.05, 4.69) is 20.8 Å². The Morgan fingerprint density at radius 1 is 0.773 bits per heavy atom. The molecule has 0 N–H and O–H groups in total. The van der Waals surface area contributed by atoms with Crippen molar-refractivity contribution in [3.63, 3.8) is 0 Å². The fourth-order valence-electron chi connectivity index (χ4n) is 1.45. The van der Waals surface area contributed by atoms with Gasteiger partial charge in [-0.05, 0) is 11.8 Å². The Hall–Kier alpha value is -0.690. The predicted molar refractivity (Wildman–Crippen MR) is 84.0 cm³/mol. The van der Waals surface area contributed by atoms with Crippen LogP contribution in [-0.2, 0) is 28.5 Å². The molecule has 22 heavy (non-hydrogen) atoms. The number of methoxy groups -OCH3 is 1. The van der Waals surface area contributed by atoms with E-state index in [9.17, 15) is 4.79 Å².